The number of hydrogen-bond acceptors (Lipinski definition) is 3. The second kappa shape index (κ2) is 8.08. The van der Waals surface area contributed by atoms with Crippen LogP contribution in [0.2, 0.25) is 0 Å². The zero-order valence-electron chi connectivity index (χ0n) is 12.9. The van der Waals surface area contributed by atoms with E-state index in [9.17, 15) is 0 Å². The Morgan fingerprint density at radius 2 is 1.86 bits per heavy atom. The van der Waals surface area contributed by atoms with Gasteiger partial charge in [0, 0.05) is 24.5 Å². The summed E-state index contributed by atoms with van der Waals surface area (Å²) in [5.74, 6) is 1.72. The van der Waals surface area contributed by atoms with E-state index in [2.05, 4.69) is 33.6 Å². The van der Waals surface area contributed by atoms with Crippen LogP contribution in [0, 0.1) is 10.7 Å². The monoisotopic (exact) mass is 304 g/mol. The molecule has 0 bridgehead atoms. The molecule has 0 saturated carbocycles. The van der Waals surface area contributed by atoms with Crippen LogP contribution in [0.1, 0.15) is 46.0 Å². The molecule has 5 heteroatoms. The van der Waals surface area contributed by atoms with Crippen LogP contribution in [0.3, 0.4) is 0 Å². The second-order valence-electron chi connectivity index (χ2n) is 5.84. The summed E-state index contributed by atoms with van der Waals surface area (Å²) < 4.78 is 2.79. The summed E-state index contributed by atoms with van der Waals surface area (Å²) in [4.78, 5) is 4.04. The highest BCUT2D eigenvalue weighted by Gasteiger charge is 2.08. The molecule has 0 atom stereocenters. The van der Waals surface area contributed by atoms with E-state index in [1.54, 1.807) is 12.4 Å². The van der Waals surface area contributed by atoms with E-state index < -0.39 is 0 Å². The molecule has 2 aromatic rings. The van der Waals surface area contributed by atoms with E-state index in [1.807, 2.05) is 12.1 Å². The molecule has 0 aromatic carbocycles. The average molecular weight is 304 g/mol. The Morgan fingerprint density at radius 1 is 1.14 bits per heavy atom. The molecule has 2 rings (SSSR count). The molecule has 114 valence electrons. The van der Waals surface area contributed by atoms with Gasteiger partial charge in [0.25, 0.3) is 0 Å². The summed E-state index contributed by atoms with van der Waals surface area (Å²) in [7, 11) is 0. The van der Waals surface area contributed by atoms with E-state index in [0.717, 1.165) is 30.3 Å². The van der Waals surface area contributed by atoms with E-state index >= 15 is 0 Å². The number of nitrogens with zero attached hydrogens (tertiary/aromatic N) is 3. The molecule has 0 spiro atoms. The normalized spacial score (nSPS) is 11.2. The first-order valence-corrected chi connectivity index (χ1v) is 8.15. The highest BCUT2D eigenvalue weighted by molar-refractivity contribution is 7.71. The minimum Gasteiger partial charge on any atom is -0.300 e. The molecule has 2 aromatic heterocycles. The van der Waals surface area contributed by atoms with Crippen molar-refractivity contribution in [3.05, 3.63) is 29.3 Å². The molecule has 4 nitrogen and oxygen atoms in total. The molecule has 1 N–H and O–H groups in total. The number of aromatic amines is 1. The van der Waals surface area contributed by atoms with Crippen molar-refractivity contribution in [1.82, 2.24) is 19.7 Å². The van der Waals surface area contributed by atoms with Crippen molar-refractivity contribution in [1.29, 1.82) is 0 Å². The maximum Gasteiger partial charge on any atom is 0.195 e. The number of rotatable bonds is 8. The van der Waals surface area contributed by atoms with Gasteiger partial charge in [-0.05, 0) is 36.7 Å². The van der Waals surface area contributed by atoms with Crippen molar-refractivity contribution in [3.8, 4) is 11.4 Å². The van der Waals surface area contributed by atoms with Crippen LogP contribution < -0.4 is 0 Å². The third kappa shape index (κ3) is 4.77. The number of hydrogen-bond donors (Lipinski definition) is 1. The van der Waals surface area contributed by atoms with Crippen molar-refractivity contribution in [2.24, 2.45) is 5.92 Å². The molecule has 2 heterocycles. The molecular weight excluding hydrogens is 280 g/mol. The van der Waals surface area contributed by atoms with Crippen LogP contribution in [-0.2, 0) is 6.54 Å². The van der Waals surface area contributed by atoms with Crippen LogP contribution in [-0.4, -0.2) is 19.7 Å². The molecular formula is C16H24N4S. The lowest BCUT2D eigenvalue weighted by Gasteiger charge is -2.07. The van der Waals surface area contributed by atoms with Gasteiger partial charge >= 0.3 is 0 Å². The van der Waals surface area contributed by atoms with Gasteiger partial charge in [-0.25, -0.2) is 0 Å². The number of unbranched alkanes of at least 4 members (excludes halogenated alkanes) is 3. The Labute approximate surface area is 131 Å². The summed E-state index contributed by atoms with van der Waals surface area (Å²) in [6, 6.07) is 3.92. The van der Waals surface area contributed by atoms with Crippen LogP contribution >= 0.6 is 12.2 Å². The lowest BCUT2D eigenvalue weighted by molar-refractivity contribution is 0.505. The molecule has 0 amide bonds. The number of nitrogens with one attached hydrogen (secondary N) is 1. The topological polar surface area (TPSA) is 46.5 Å². The minimum atomic E-state index is 0.698. The summed E-state index contributed by atoms with van der Waals surface area (Å²) in [5, 5.41) is 7.24. The van der Waals surface area contributed by atoms with E-state index in [1.165, 1.54) is 25.7 Å². The molecule has 0 aliphatic rings. The van der Waals surface area contributed by atoms with Gasteiger partial charge in [0.2, 0.25) is 0 Å². The first-order valence-electron chi connectivity index (χ1n) is 7.74. The number of aromatic nitrogens is 4. The summed E-state index contributed by atoms with van der Waals surface area (Å²) >= 11 is 5.34. The zero-order chi connectivity index (χ0) is 15.1. The standard InChI is InChI=1S/C16H24N4S/c1-13(2)7-5-3-4-6-12-20-15(18-19-16(20)21)14-8-10-17-11-9-14/h8-11,13H,3-7,12H2,1-2H3,(H,19,21). The summed E-state index contributed by atoms with van der Waals surface area (Å²) in [6.45, 7) is 5.49. The average Bonchev–Trinajstić information content (AvgIpc) is 2.84. The summed E-state index contributed by atoms with van der Waals surface area (Å²) in [6.07, 6.45) is 9.90. The van der Waals surface area contributed by atoms with Gasteiger partial charge in [-0.1, -0.05) is 39.5 Å². The predicted molar refractivity (Wildman–Crippen MR) is 88.6 cm³/mol. The van der Waals surface area contributed by atoms with E-state index in [0.29, 0.717) is 4.77 Å². The molecule has 21 heavy (non-hydrogen) atoms. The van der Waals surface area contributed by atoms with Gasteiger partial charge in [-0.15, -0.1) is 0 Å². The molecule has 0 saturated heterocycles. The fourth-order valence-corrected chi connectivity index (χ4v) is 2.65. The molecule has 0 radical (unpaired) electrons. The van der Waals surface area contributed by atoms with Gasteiger partial charge in [-0.2, -0.15) is 5.10 Å². The molecule has 0 aliphatic carbocycles. The highest BCUT2D eigenvalue weighted by Crippen LogP contribution is 2.17. The molecule has 0 fully saturated rings. The number of pyridine rings is 1. The van der Waals surface area contributed by atoms with Crippen molar-refractivity contribution in [3.63, 3.8) is 0 Å². The fraction of sp³-hybridized carbons (Fsp3) is 0.562. The first kappa shape index (κ1) is 15.9. The van der Waals surface area contributed by atoms with Gasteiger partial charge in [0.15, 0.2) is 10.6 Å². The Balaban J connectivity index is 1.89. The number of H-pyrrole nitrogens is 1. The fourth-order valence-electron chi connectivity index (χ4n) is 2.42. The third-order valence-corrected chi connectivity index (χ3v) is 3.92. The lowest BCUT2D eigenvalue weighted by Crippen LogP contribution is -2.01. The van der Waals surface area contributed by atoms with Crippen LogP contribution in [0.25, 0.3) is 11.4 Å². The van der Waals surface area contributed by atoms with Crippen LogP contribution in [0.4, 0.5) is 0 Å². The smallest absolute Gasteiger partial charge is 0.195 e. The molecule has 0 unspecified atom stereocenters. The van der Waals surface area contributed by atoms with Crippen molar-refractivity contribution in [2.75, 3.05) is 0 Å². The summed E-state index contributed by atoms with van der Waals surface area (Å²) in [5.41, 5.74) is 1.05. The minimum absolute atomic E-state index is 0.698. The Hall–Kier alpha value is -1.49. The van der Waals surface area contributed by atoms with Gasteiger partial charge in [0.1, 0.15) is 0 Å². The Kier molecular flexibility index (Phi) is 6.11. The Bertz CT molecular complexity index is 586. The first-order chi connectivity index (χ1) is 10.2. The van der Waals surface area contributed by atoms with Gasteiger partial charge in [0.05, 0.1) is 0 Å². The quantitative estimate of drug-likeness (QED) is 0.572. The van der Waals surface area contributed by atoms with Gasteiger partial charge in [-0.3, -0.25) is 10.1 Å². The maximum absolute atomic E-state index is 5.34. The van der Waals surface area contributed by atoms with Crippen molar-refractivity contribution < 1.29 is 0 Å². The van der Waals surface area contributed by atoms with Crippen LogP contribution in [0.15, 0.2) is 24.5 Å². The largest absolute Gasteiger partial charge is 0.300 e. The zero-order valence-corrected chi connectivity index (χ0v) is 13.7. The highest BCUT2D eigenvalue weighted by atomic mass is 32.1. The Morgan fingerprint density at radius 3 is 2.57 bits per heavy atom. The van der Waals surface area contributed by atoms with E-state index in [4.69, 9.17) is 12.2 Å². The molecule has 0 aliphatic heterocycles. The van der Waals surface area contributed by atoms with Gasteiger partial charge < -0.3 is 4.57 Å². The van der Waals surface area contributed by atoms with Crippen LogP contribution in [0.5, 0.6) is 0 Å². The van der Waals surface area contributed by atoms with Crippen molar-refractivity contribution >= 4 is 12.2 Å². The second-order valence-corrected chi connectivity index (χ2v) is 6.22. The van der Waals surface area contributed by atoms with Crippen molar-refractivity contribution in [2.45, 2.75) is 52.5 Å². The SMILES string of the molecule is CC(C)CCCCCCn1c(-c2ccncc2)n[nH]c1=S. The maximum atomic E-state index is 5.34. The van der Waals surface area contributed by atoms with E-state index in [-0.39, 0.29) is 0 Å². The predicted octanol–water partition coefficient (Wildman–Crippen LogP) is 4.61. The third-order valence-electron chi connectivity index (χ3n) is 3.61. The lowest BCUT2D eigenvalue weighted by atomic mass is 10.0.